The highest BCUT2D eigenvalue weighted by Gasteiger charge is 2.12. The van der Waals surface area contributed by atoms with Crippen molar-refractivity contribution >= 4 is 60.7 Å². The lowest BCUT2D eigenvalue weighted by Crippen LogP contribution is -2.13. The van der Waals surface area contributed by atoms with E-state index < -0.39 is 0 Å². The van der Waals surface area contributed by atoms with E-state index >= 15 is 0 Å². The summed E-state index contributed by atoms with van der Waals surface area (Å²) >= 11 is 12.9. The van der Waals surface area contributed by atoms with E-state index in [-0.39, 0.29) is 5.91 Å². The zero-order valence-corrected chi connectivity index (χ0v) is 15.4. The van der Waals surface area contributed by atoms with Gasteiger partial charge in [-0.15, -0.1) is 0 Å². The van der Waals surface area contributed by atoms with Crippen molar-refractivity contribution < 1.29 is 4.79 Å². The van der Waals surface area contributed by atoms with Crippen molar-refractivity contribution in [2.45, 2.75) is 0 Å². The summed E-state index contributed by atoms with van der Waals surface area (Å²) in [6.45, 7) is 0. The molecule has 2 aromatic carbocycles. The topological polar surface area (TPSA) is 32.3 Å². The Bertz CT molecular complexity index is 689. The minimum Gasteiger partial charge on any atom is -0.376 e. The molecule has 0 aliphatic heterocycles. The summed E-state index contributed by atoms with van der Waals surface area (Å²) in [5.74, 6) is -0.197. The molecule has 0 fully saturated rings. The first kappa shape index (κ1) is 16.3. The van der Waals surface area contributed by atoms with Crippen LogP contribution in [-0.4, -0.2) is 20.0 Å². The van der Waals surface area contributed by atoms with E-state index in [1.807, 2.05) is 43.3 Å². The molecular formula is C15H13Br2ClN2O. The molecule has 0 aromatic heterocycles. The number of rotatable bonds is 3. The SMILES string of the molecule is CN(C)c1ccc(NC(=O)c2cc(Br)ccc2Br)cc1Cl. The van der Waals surface area contributed by atoms with Crippen molar-refractivity contribution in [3.8, 4) is 0 Å². The van der Waals surface area contributed by atoms with Crippen molar-refractivity contribution in [1.82, 2.24) is 0 Å². The van der Waals surface area contributed by atoms with E-state index in [1.54, 1.807) is 12.1 Å². The summed E-state index contributed by atoms with van der Waals surface area (Å²) in [4.78, 5) is 14.2. The summed E-state index contributed by atoms with van der Waals surface area (Å²) < 4.78 is 1.58. The van der Waals surface area contributed by atoms with Gasteiger partial charge in [-0.05, 0) is 52.3 Å². The van der Waals surface area contributed by atoms with Gasteiger partial charge >= 0.3 is 0 Å². The summed E-state index contributed by atoms with van der Waals surface area (Å²) in [5, 5.41) is 3.43. The van der Waals surface area contributed by atoms with Gasteiger partial charge in [0.25, 0.3) is 5.91 Å². The van der Waals surface area contributed by atoms with Crippen LogP contribution in [0, 0.1) is 0 Å². The third-order valence-electron chi connectivity index (χ3n) is 2.86. The summed E-state index contributed by atoms with van der Waals surface area (Å²) in [5.41, 5.74) is 2.11. The molecule has 3 nitrogen and oxygen atoms in total. The number of benzene rings is 2. The maximum atomic E-state index is 12.3. The van der Waals surface area contributed by atoms with Crippen LogP contribution in [0.1, 0.15) is 10.4 Å². The molecule has 6 heteroatoms. The maximum absolute atomic E-state index is 12.3. The Morgan fingerprint density at radius 1 is 1.14 bits per heavy atom. The molecule has 0 heterocycles. The molecule has 1 N–H and O–H groups in total. The Labute approximate surface area is 145 Å². The highest BCUT2D eigenvalue weighted by Crippen LogP contribution is 2.28. The van der Waals surface area contributed by atoms with Crippen LogP contribution in [0.2, 0.25) is 5.02 Å². The van der Waals surface area contributed by atoms with Crippen LogP contribution in [-0.2, 0) is 0 Å². The van der Waals surface area contributed by atoms with E-state index in [2.05, 4.69) is 37.2 Å². The monoisotopic (exact) mass is 430 g/mol. The first-order chi connectivity index (χ1) is 9.88. The number of anilines is 2. The third-order valence-corrected chi connectivity index (χ3v) is 4.35. The molecule has 1 amide bonds. The molecule has 0 saturated heterocycles. The van der Waals surface area contributed by atoms with E-state index in [1.165, 1.54) is 0 Å². The molecule has 0 bridgehead atoms. The first-order valence-electron chi connectivity index (χ1n) is 6.12. The standard InChI is InChI=1S/C15H13Br2ClN2O/c1-20(2)14-6-4-10(8-13(14)18)19-15(21)11-7-9(16)3-5-12(11)17/h3-8H,1-2H3,(H,19,21). The van der Waals surface area contributed by atoms with Gasteiger partial charge in [-0.3, -0.25) is 4.79 Å². The molecule has 0 spiro atoms. The van der Waals surface area contributed by atoms with E-state index in [4.69, 9.17) is 11.6 Å². The normalized spacial score (nSPS) is 10.3. The van der Waals surface area contributed by atoms with E-state index in [0.717, 1.165) is 14.6 Å². The van der Waals surface area contributed by atoms with E-state index in [9.17, 15) is 4.79 Å². The van der Waals surface area contributed by atoms with Gasteiger partial charge in [0.05, 0.1) is 16.3 Å². The average molecular weight is 433 g/mol. The summed E-state index contributed by atoms with van der Waals surface area (Å²) in [6.07, 6.45) is 0. The minimum atomic E-state index is -0.197. The number of hydrogen-bond donors (Lipinski definition) is 1. The van der Waals surface area contributed by atoms with Crippen molar-refractivity contribution in [1.29, 1.82) is 0 Å². The minimum absolute atomic E-state index is 0.197. The molecule has 0 radical (unpaired) electrons. The van der Waals surface area contributed by atoms with Gasteiger partial charge in [0, 0.05) is 28.7 Å². The lowest BCUT2D eigenvalue weighted by atomic mass is 10.2. The van der Waals surface area contributed by atoms with Gasteiger partial charge < -0.3 is 10.2 Å². The zero-order chi connectivity index (χ0) is 15.6. The van der Waals surface area contributed by atoms with Crippen LogP contribution < -0.4 is 10.2 Å². The summed E-state index contributed by atoms with van der Waals surface area (Å²) in [7, 11) is 3.83. The number of amides is 1. The Morgan fingerprint density at radius 3 is 2.48 bits per heavy atom. The fraction of sp³-hybridized carbons (Fsp3) is 0.133. The summed E-state index contributed by atoms with van der Waals surface area (Å²) in [6, 6.07) is 10.9. The highest BCUT2D eigenvalue weighted by molar-refractivity contribution is 9.11. The quantitative estimate of drug-likeness (QED) is 0.725. The Hall–Kier alpha value is -1.04. The Morgan fingerprint density at radius 2 is 1.86 bits per heavy atom. The second-order valence-electron chi connectivity index (χ2n) is 4.64. The zero-order valence-electron chi connectivity index (χ0n) is 11.5. The van der Waals surface area contributed by atoms with Gasteiger partial charge in [0.2, 0.25) is 0 Å². The molecule has 2 aromatic rings. The second kappa shape index (κ2) is 6.81. The highest BCUT2D eigenvalue weighted by atomic mass is 79.9. The van der Waals surface area contributed by atoms with Crippen LogP contribution >= 0.6 is 43.5 Å². The number of hydrogen-bond acceptors (Lipinski definition) is 2. The molecule has 2 rings (SSSR count). The van der Waals surface area contributed by atoms with Crippen LogP contribution in [0.3, 0.4) is 0 Å². The van der Waals surface area contributed by atoms with Crippen molar-refractivity contribution in [3.63, 3.8) is 0 Å². The maximum Gasteiger partial charge on any atom is 0.256 e. The predicted octanol–water partition coefficient (Wildman–Crippen LogP) is 5.18. The lowest BCUT2D eigenvalue weighted by molar-refractivity contribution is 0.102. The smallest absolute Gasteiger partial charge is 0.256 e. The van der Waals surface area contributed by atoms with Gasteiger partial charge in [-0.2, -0.15) is 0 Å². The fourth-order valence-corrected chi connectivity index (χ4v) is 2.95. The molecule has 0 aliphatic carbocycles. The number of nitrogens with zero attached hydrogens (tertiary/aromatic N) is 1. The van der Waals surface area contributed by atoms with Crippen molar-refractivity contribution in [3.05, 3.63) is 55.9 Å². The van der Waals surface area contributed by atoms with Crippen LogP contribution in [0.15, 0.2) is 45.3 Å². The molecule has 0 aliphatic rings. The number of nitrogens with one attached hydrogen (secondary N) is 1. The lowest BCUT2D eigenvalue weighted by Gasteiger charge is -2.15. The Kier molecular flexibility index (Phi) is 5.30. The van der Waals surface area contributed by atoms with Crippen LogP contribution in [0.4, 0.5) is 11.4 Å². The molecule has 110 valence electrons. The fourth-order valence-electron chi connectivity index (χ4n) is 1.82. The Balaban J connectivity index is 2.24. The van der Waals surface area contributed by atoms with Gasteiger partial charge in [0.1, 0.15) is 0 Å². The van der Waals surface area contributed by atoms with Crippen LogP contribution in [0.25, 0.3) is 0 Å². The van der Waals surface area contributed by atoms with Crippen molar-refractivity contribution in [2.75, 3.05) is 24.3 Å². The molecular weight excluding hydrogens is 419 g/mol. The number of carbonyl (C=O) groups excluding carboxylic acids is 1. The average Bonchev–Trinajstić information content (AvgIpc) is 2.41. The molecule has 0 saturated carbocycles. The van der Waals surface area contributed by atoms with Crippen molar-refractivity contribution in [2.24, 2.45) is 0 Å². The first-order valence-corrected chi connectivity index (χ1v) is 8.08. The van der Waals surface area contributed by atoms with Gasteiger partial charge in [-0.1, -0.05) is 27.5 Å². The second-order valence-corrected chi connectivity index (χ2v) is 6.82. The van der Waals surface area contributed by atoms with Gasteiger partial charge in [0.15, 0.2) is 0 Å². The van der Waals surface area contributed by atoms with Crippen LogP contribution in [0.5, 0.6) is 0 Å². The van der Waals surface area contributed by atoms with Gasteiger partial charge in [-0.25, -0.2) is 0 Å². The molecule has 21 heavy (non-hydrogen) atoms. The van der Waals surface area contributed by atoms with E-state index in [0.29, 0.717) is 16.3 Å². The number of halogens is 3. The number of carbonyl (C=O) groups is 1. The molecule has 0 unspecified atom stereocenters. The molecule has 0 atom stereocenters. The predicted molar refractivity (Wildman–Crippen MR) is 95.6 cm³/mol. The third kappa shape index (κ3) is 3.99. The largest absolute Gasteiger partial charge is 0.376 e.